The second kappa shape index (κ2) is 8.80. The lowest BCUT2D eigenvalue weighted by molar-refractivity contribution is -0.114. The van der Waals surface area contributed by atoms with E-state index in [1.165, 1.54) is 13.3 Å². The molecule has 1 aromatic heterocycles. The molecular formula is C22H28N4O2. The monoisotopic (exact) mass is 380 g/mol. The van der Waals surface area contributed by atoms with Crippen molar-refractivity contribution >= 4 is 11.6 Å². The van der Waals surface area contributed by atoms with Crippen LogP contribution in [0, 0.1) is 0 Å². The van der Waals surface area contributed by atoms with Crippen LogP contribution in [0.25, 0.3) is 11.3 Å². The molecule has 6 nitrogen and oxygen atoms in total. The Morgan fingerprint density at radius 3 is 2.82 bits per heavy atom. The number of ether oxygens (including phenoxy) is 1. The van der Waals surface area contributed by atoms with Crippen molar-refractivity contribution in [3.05, 3.63) is 42.4 Å². The van der Waals surface area contributed by atoms with Crippen molar-refractivity contribution in [2.24, 2.45) is 0 Å². The molecule has 0 unspecified atom stereocenters. The van der Waals surface area contributed by atoms with Crippen LogP contribution in [0.1, 0.15) is 44.2 Å². The molecule has 1 aromatic carbocycles. The lowest BCUT2D eigenvalue weighted by Crippen LogP contribution is -2.44. The normalized spacial score (nSPS) is 21.4. The zero-order valence-electron chi connectivity index (χ0n) is 16.4. The van der Waals surface area contributed by atoms with E-state index in [4.69, 9.17) is 9.72 Å². The first-order chi connectivity index (χ1) is 13.7. The minimum absolute atomic E-state index is 0.0732. The first-order valence-corrected chi connectivity index (χ1v) is 10.2. The van der Waals surface area contributed by atoms with Crippen LogP contribution in [0.15, 0.2) is 36.7 Å². The molecule has 2 aromatic rings. The highest BCUT2D eigenvalue weighted by molar-refractivity contribution is 5.89. The number of hydrogen-bond donors (Lipinski definition) is 1. The summed E-state index contributed by atoms with van der Waals surface area (Å²) >= 11 is 0. The van der Waals surface area contributed by atoms with Crippen LogP contribution in [-0.2, 0) is 9.53 Å². The molecule has 1 amide bonds. The number of aromatic nitrogens is 2. The third-order valence-electron chi connectivity index (χ3n) is 5.73. The molecule has 6 heteroatoms. The summed E-state index contributed by atoms with van der Waals surface area (Å²) in [7, 11) is 0. The third kappa shape index (κ3) is 4.39. The summed E-state index contributed by atoms with van der Waals surface area (Å²) in [4.78, 5) is 23.5. The van der Waals surface area contributed by atoms with Crippen molar-refractivity contribution in [1.82, 2.24) is 14.9 Å². The van der Waals surface area contributed by atoms with Gasteiger partial charge < -0.3 is 10.1 Å². The summed E-state index contributed by atoms with van der Waals surface area (Å²) in [5.74, 6) is 0.306. The first kappa shape index (κ1) is 19.0. The fourth-order valence-corrected chi connectivity index (χ4v) is 4.43. The van der Waals surface area contributed by atoms with E-state index in [1.807, 2.05) is 24.3 Å². The van der Waals surface area contributed by atoms with E-state index in [9.17, 15) is 4.79 Å². The maximum absolute atomic E-state index is 11.4. The van der Waals surface area contributed by atoms with Gasteiger partial charge in [0.2, 0.25) is 5.91 Å². The van der Waals surface area contributed by atoms with Gasteiger partial charge in [0.25, 0.3) is 0 Å². The molecule has 2 aliphatic heterocycles. The second-order valence-electron chi connectivity index (χ2n) is 7.73. The first-order valence-electron chi connectivity index (χ1n) is 10.2. The van der Waals surface area contributed by atoms with Gasteiger partial charge in [0, 0.05) is 62.3 Å². The van der Waals surface area contributed by atoms with Gasteiger partial charge in [-0.3, -0.25) is 19.7 Å². The van der Waals surface area contributed by atoms with Crippen molar-refractivity contribution in [3.63, 3.8) is 0 Å². The summed E-state index contributed by atoms with van der Waals surface area (Å²) < 4.78 is 5.54. The Hall–Kier alpha value is -2.31. The Balaban J connectivity index is 1.58. The summed E-state index contributed by atoms with van der Waals surface area (Å²) in [5, 5.41) is 2.86. The Morgan fingerprint density at radius 1 is 1.18 bits per heavy atom. The highest BCUT2D eigenvalue weighted by atomic mass is 16.5. The van der Waals surface area contributed by atoms with Crippen molar-refractivity contribution in [1.29, 1.82) is 0 Å². The molecule has 3 heterocycles. The third-order valence-corrected chi connectivity index (χ3v) is 5.73. The van der Waals surface area contributed by atoms with Crippen LogP contribution in [-0.4, -0.2) is 53.1 Å². The number of nitrogens with zero attached hydrogens (tertiary/aromatic N) is 3. The topological polar surface area (TPSA) is 67.4 Å². The molecule has 0 spiro atoms. The van der Waals surface area contributed by atoms with Crippen molar-refractivity contribution in [3.8, 4) is 11.3 Å². The zero-order chi connectivity index (χ0) is 19.3. The number of anilines is 1. The van der Waals surface area contributed by atoms with E-state index in [1.54, 1.807) is 12.4 Å². The van der Waals surface area contributed by atoms with Crippen molar-refractivity contribution in [2.45, 2.75) is 44.6 Å². The molecule has 0 bridgehead atoms. The highest BCUT2D eigenvalue weighted by Crippen LogP contribution is 2.34. The smallest absolute Gasteiger partial charge is 0.221 e. The summed E-state index contributed by atoms with van der Waals surface area (Å²) in [6, 6.07) is 8.49. The fraction of sp³-hybridized carbons (Fsp3) is 0.500. The maximum Gasteiger partial charge on any atom is 0.221 e. The van der Waals surface area contributed by atoms with Gasteiger partial charge in [0.1, 0.15) is 0 Å². The van der Waals surface area contributed by atoms with Gasteiger partial charge in [0.05, 0.1) is 11.4 Å². The van der Waals surface area contributed by atoms with Gasteiger partial charge in [-0.1, -0.05) is 12.1 Å². The molecule has 0 aliphatic carbocycles. The van der Waals surface area contributed by atoms with Crippen LogP contribution < -0.4 is 5.32 Å². The predicted molar refractivity (Wildman–Crippen MR) is 109 cm³/mol. The quantitative estimate of drug-likeness (QED) is 0.880. The maximum atomic E-state index is 11.4. The molecule has 0 saturated carbocycles. The van der Waals surface area contributed by atoms with Crippen molar-refractivity contribution in [2.75, 3.05) is 31.6 Å². The number of rotatable bonds is 4. The van der Waals surface area contributed by atoms with E-state index in [0.29, 0.717) is 12.0 Å². The van der Waals surface area contributed by atoms with E-state index in [0.717, 1.165) is 68.2 Å². The SMILES string of the molecule is CC(=O)Nc1cccc(-c2nccnc2[C@@H]2CCCN(C3CCOCC3)C2)c1. The van der Waals surface area contributed by atoms with Gasteiger partial charge >= 0.3 is 0 Å². The fourth-order valence-electron chi connectivity index (χ4n) is 4.43. The Labute approximate surface area is 166 Å². The predicted octanol–water partition coefficient (Wildman–Crippen LogP) is 3.46. The molecule has 2 fully saturated rings. The van der Waals surface area contributed by atoms with Crippen LogP contribution in [0.2, 0.25) is 0 Å². The van der Waals surface area contributed by atoms with E-state index in [-0.39, 0.29) is 5.91 Å². The number of carbonyl (C=O) groups excluding carboxylic acids is 1. The molecule has 28 heavy (non-hydrogen) atoms. The largest absolute Gasteiger partial charge is 0.381 e. The summed E-state index contributed by atoms with van der Waals surface area (Å²) in [6.07, 6.45) is 8.12. The number of piperidine rings is 1. The lowest BCUT2D eigenvalue weighted by atomic mass is 9.89. The summed E-state index contributed by atoms with van der Waals surface area (Å²) in [6.45, 7) is 5.46. The van der Waals surface area contributed by atoms with Crippen LogP contribution >= 0.6 is 0 Å². The van der Waals surface area contributed by atoms with Crippen molar-refractivity contribution < 1.29 is 9.53 Å². The molecule has 2 saturated heterocycles. The van der Waals surface area contributed by atoms with Crippen LogP contribution in [0.5, 0.6) is 0 Å². The molecule has 1 atom stereocenters. The zero-order valence-corrected chi connectivity index (χ0v) is 16.4. The van der Waals surface area contributed by atoms with Crippen LogP contribution in [0.4, 0.5) is 5.69 Å². The second-order valence-corrected chi connectivity index (χ2v) is 7.73. The van der Waals surface area contributed by atoms with Gasteiger partial charge in [-0.05, 0) is 44.4 Å². The molecule has 148 valence electrons. The molecular weight excluding hydrogens is 352 g/mol. The minimum atomic E-state index is -0.0732. The number of hydrogen-bond acceptors (Lipinski definition) is 5. The summed E-state index contributed by atoms with van der Waals surface area (Å²) in [5.41, 5.74) is 3.78. The number of likely N-dealkylation sites (tertiary alicyclic amines) is 1. The average Bonchev–Trinajstić information content (AvgIpc) is 2.74. The standard InChI is InChI=1S/C22H28N4O2/c1-16(27)25-19-6-2-4-17(14-19)21-22(24-10-9-23-21)18-5-3-11-26(15-18)20-7-12-28-13-8-20/h2,4,6,9-10,14,18,20H,3,5,7-8,11-13,15H2,1H3,(H,25,27)/t18-/m1/s1. The highest BCUT2D eigenvalue weighted by Gasteiger charge is 2.30. The molecule has 0 radical (unpaired) electrons. The van der Waals surface area contributed by atoms with Gasteiger partial charge in [-0.25, -0.2) is 0 Å². The Morgan fingerprint density at radius 2 is 2.00 bits per heavy atom. The Bertz CT molecular complexity index is 820. The average molecular weight is 380 g/mol. The van der Waals surface area contributed by atoms with Gasteiger partial charge in [0.15, 0.2) is 0 Å². The van der Waals surface area contributed by atoms with Crippen LogP contribution in [0.3, 0.4) is 0 Å². The number of benzene rings is 1. The lowest BCUT2D eigenvalue weighted by Gasteiger charge is -2.40. The Kier molecular flexibility index (Phi) is 5.98. The molecule has 2 aliphatic rings. The van der Waals surface area contributed by atoms with E-state index < -0.39 is 0 Å². The van der Waals surface area contributed by atoms with Gasteiger partial charge in [-0.2, -0.15) is 0 Å². The molecule has 1 N–H and O–H groups in total. The van der Waals surface area contributed by atoms with Gasteiger partial charge in [-0.15, -0.1) is 0 Å². The molecule has 4 rings (SSSR count). The minimum Gasteiger partial charge on any atom is -0.381 e. The number of carbonyl (C=O) groups is 1. The number of nitrogens with one attached hydrogen (secondary N) is 1. The van der Waals surface area contributed by atoms with E-state index in [2.05, 4.69) is 15.2 Å². The number of amides is 1. The van der Waals surface area contributed by atoms with E-state index >= 15 is 0 Å².